The predicted molar refractivity (Wildman–Crippen MR) is 74.5 cm³/mol. The second-order valence-corrected chi connectivity index (χ2v) is 4.35. The van der Waals surface area contributed by atoms with Gasteiger partial charge in [-0.1, -0.05) is 0 Å². The standard InChI is InChI=1S/C15H16FNO3/c1-20-14-4-2-12(3-5-14)17-15(9-18)10-6-11(16)8-13(19)7-10/h2-8,15,17-19H,9H2,1H3. The molecule has 106 valence electrons. The van der Waals surface area contributed by atoms with Crippen LogP contribution in [0.4, 0.5) is 10.1 Å². The molecule has 3 N–H and O–H groups in total. The minimum atomic E-state index is -0.546. The third kappa shape index (κ3) is 3.39. The molecule has 0 aliphatic heterocycles. The number of aliphatic hydroxyl groups is 1. The molecule has 2 aromatic rings. The van der Waals surface area contributed by atoms with Gasteiger partial charge in [-0.25, -0.2) is 4.39 Å². The molecule has 0 radical (unpaired) electrons. The van der Waals surface area contributed by atoms with Crippen LogP contribution in [0.15, 0.2) is 42.5 Å². The molecular formula is C15H16FNO3. The number of aliphatic hydroxyl groups excluding tert-OH is 1. The van der Waals surface area contributed by atoms with Gasteiger partial charge >= 0.3 is 0 Å². The van der Waals surface area contributed by atoms with Crippen LogP contribution in [0, 0.1) is 5.82 Å². The first-order chi connectivity index (χ1) is 9.62. The first-order valence-electron chi connectivity index (χ1n) is 6.13. The molecule has 0 aliphatic rings. The lowest BCUT2D eigenvalue weighted by atomic mass is 10.1. The van der Waals surface area contributed by atoms with Crippen LogP contribution < -0.4 is 10.1 Å². The number of nitrogens with one attached hydrogen (secondary N) is 1. The summed E-state index contributed by atoms with van der Waals surface area (Å²) in [6, 6.07) is 10.3. The summed E-state index contributed by atoms with van der Waals surface area (Å²) < 4.78 is 18.3. The minimum Gasteiger partial charge on any atom is -0.508 e. The summed E-state index contributed by atoms with van der Waals surface area (Å²) in [7, 11) is 1.58. The van der Waals surface area contributed by atoms with Gasteiger partial charge < -0.3 is 20.3 Å². The number of phenols is 1. The van der Waals surface area contributed by atoms with Gasteiger partial charge in [0.1, 0.15) is 17.3 Å². The Morgan fingerprint density at radius 3 is 2.45 bits per heavy atom. The van der Waals surface area contributed by atoms with Gasteiger partial charge in [0.25, 0.3) is 0 Å². The number of methoxy groups -OCH3 is 1. The summed E-state index contributed by atoms with van der Waals surface area (Å²) in [6.07, 6.45) is 0. The number of aromatic hydroxyl groups is 1. The number of hydrogen-bond donors (Lipinski definition) is 3. The van der Waals surface area contributed by atoms with Crippen molar-refractivity contribution in [2.45, 2.75) is 6.04 Å². The fraction of sp³-hybridized carbons (Fsp3) is 0.200. The Labute approximate surface area is 116 Å². The number of benzene rings is 2. The maximum absolute atomic E-state index is 13.3. The van der Waals surface area contributed by atoms with E-state index in [9.17, 15) is 14.6 Å². The molecule has 1 unspecified atom stereocenters. The zero-order valence-corrected chi connectivity index (χ0v) is 11.0. The van der Waals surface area contributed by atoms with Crippen molar-refractivity contribution in [3.8, 4) is 11.5 Å². The van der Waals surface area contributed by atoms with Gasteiger partial charge in [-0.3, -0.25) is 0 Å². The maximum atomic E-state index is 13.3. The number of anilines is 1. The van der Waals surface area contributed by atoms with Crippen molar-refractivity contribution in [2.24, 2.45) is 0 Å². The topological polar surface area (TPSA) is 61.7 Å². The van der Waals surface area contributed by atoms with E-state index in [0.717, 1.165) is 17.5 Å². The second-order valence-electron chi connectivity index (χ2n) is 4.35. The van der Waals surface area contributed by atoms with Gasteiger partial charge in [-0.15, -0.1) is 0 Å². The van der Waals surface area contributed by atoms with E-state index in [1.54, 1.807) is 31.4 Å². The molecule has 0 bridgehead atoms. The number of halogens is 1. The first-order valence-corrected chi connectivity index (χ1v) is 6.13. The van der Waals surface area contributed by atoms with Crippen LogP contribution in [-0.2, 0) is 0 Å². The summed E-state index contributed by atoms with van der Waals surface area (Å²) in [5.41, 5.74) is 1.23. The molecule has 0 aliphatic carbocycles. The number of phenolic OH excluding ortho intramolecular Hbond substituents is 1. The van der Waals surface area contributed by atoms with Gasteiger partial charge in [0.15, 0.2) is 0 Å². The third-order valence-electron chi connectivity index (χ3n) is 2.92. The number of rotatable bonds is 5. The van der Waals surface area contributed by atoms with Crippen molar-refractivity contribution in [2.75, 3.05) is 19.0 Å². The Morgan fingerprint density at radius 1 is 1.20 bits per heavy atom. The molecule has 4 nitrogen and oxygen atoms in total. The second kappa shape index (κ2) is 6.25. The molecule has 0 saturated carbocycles. The van der Waals surface area contributed by atoms with E-state index >= 15 is 0 Å². The SMILES string of the molecule is COc1ccc(NC(CO)c2cc(O)cc(F)c2)cc1. The summed E-state index contributed by atoms with van der Waals surface area (Å²) in [5.74, 6) is 0.00413. The first kappa shape index (κ1) is 14.1. The normalized spacial score (nSPS) is 11.9. The van der Waals surface area contributed by atoms with Crippen LogP contribution in [0.1, 0.15) is 11.6 Å². The van der Waals surface area contributed by atoms with Crippen molar-refractivity contribution in [1.82, 2.24) is 0 Å². The van der Waals surface area contributed by atoms with Gasteiger partial charge in [-0.05, 0) is 42.0 Å². The lowest BCUT2D eigenvalue weighted by Gasteiger charge is -2.18. The number of ether oxygens (including phenoxy) is 1. The Kier molecular flexibility index (Phi) is 4.42. The zero-order chi connectivity index (χ0) is 14.5. The lowest BCUT2D eigenvalue weighted by Crippen LogP contribution is -2.15. The van der Waals surface area contributed by atoms with Crippen molar-refractivity contribution in [1.29, 1.82) is 0 Å². The number of hydrogen-bond acceptors (Lipinski definition) is 4. The fourth-order valence-corrected chi connectivity index (χ4v) is 1.92. The van der Waals surface area contributed by atoms with Crippen LogP contribution in [0.5, 0.6) is 11.5 Å². The van der Waals surface area contributed by atoms with Crippen molar-refractivity contribution >= 4 is 5.69 Å². The molecule has 0 spiro atoms. The van der Waals surface area contributed by atoms with E-state index < -0.39 is 11.9 Å². The highest BCUT2D eigenvalue weighted by Crippen LogP contribution is 2.25. The monoisotopic (exact) mass is 277 g/mol. The molecule has 2 aromatic carbocycles. The van der Waals surface area contributed by atoms with Gasteiger partial charge in [0, 0.05) is 11.8 Å². The summed E-state index contributed by atoms with van der Waals surface area (Å²) in [5, 5.41) is 21.9. The molecule has 0 saturated heterocycles. The quantitative estimate of drug-likeness (QED) is 0.786. The third-order valence-corrected chi connectivity index (χ3v) is 2.92. The fourth-order valence-electron chi connectivity index (χ4n) is 1.92. The molecule has 0 heterocycles. The van der Waals surface area contributed by atoms with Crippen molar-refractivity contribution in [3.63, 3.8) is 0 Å². The highest BCUT2D eigenvalue weighted by atomic mass is 19.1. The Bertz CT molecular complexity index is 552. The van der Waals surface area contributed by atoms with Gasteiger partial charge in [0.2, 0.25) is 0 Å². The van der Waals surface area contributed by atoms with Gasteiger partial charge in [0.05, 0.1) is 19.8 Å². The average Bonchev–Trinajstić information content (AvgIpc) is 2.44. The molecule has 0 amide bonds. The smallest absolute Gasteiger partial charge is 0.127 e. The van der Waals surface area contributed by atoms with Crippen LogP contribution in [0.3, 0.4) is 0 Å². The largest absolute Gasteiger partial charge is 0.508 e. The summed E-state index contributed by atoms with van der Waals surface area (Å²) >= 11 is 0. The molecule has 2 rings (SSSR count). The molecule has 20 heavy (non-hydrogen) atoms. The van der Waals surface area contributed by atoms with Crippen LogP contribution >= 0.6 is 0 Å². The maximum Gasteiger partial charge on any atom is 0.127 e. The van der Waals surface area contributed by atoms with E-state index in [2.05, 4.69) is 5.32 Å². The summed E-state index contributed by atoms with van der Waals surface area (Å²) in [4.78, 5) is 0. The summed E-state index contributed by atoms with van der Waals surface area (Å²) in [6.45, 7) is -0.227. The van der Waals surface area contributed by atoms with E-state index in [4.69, 9.17) is 4.74 Å². The van der Waals surface area contributed by atoms with Crippen LogP contribution in [0.25, 0.3) is 0 Å². The molecule has 1 atom stereocenters. The van der Waals surface area contributed by atoms with E-state index in [0.29, 0.717) is 5.56 Å². The van der Waals surface area contributed by atoms with Crippen molar-refractivity contribution in [3.05, 3.63) is 53.8 Å². The average molecular weight is 277 g/mol. The Hall–Kier alpha value is -2.27. The van der Waals surface area contributed by atoms with E-state index in [1.165, 1.54) is 12.1 Å². The van der Waals surface area contributed by atoms with Crippen molar-refractivity contribution < 1.29 is 19.3 Å². The molecular weight excluding hydrogens is 261 g/mol. The Balaban J connectivity index is 2.19. The predicted octanol–water partition coefficient (Wildman–Crippen LogP) is 2.69. The zero-order valence-electron chi connectivity index (χ0n) is 11.0. The Morgan fingerprint density at radius 2 is 1.90 bits per heavy atom. The van der Waals surface area contributed by atoms with Crippen LogP contribution in [-0.4, -0.2) is 23.9 Å². The molecule has 0 fully saturated rings. The van der Waals surface area contributed by atoms with Gasteiger partial charge in [-0.2, -0.15) is 0 Å². The molecule has 0 aromatic heterocycles. The van der Waals surface area contributed by atoms with E-state index in [-0.39, 0.29) is 12.4 Å². The lowest BCUT2D eigenvalue weighted by molar-refractivity contribution is 0.276. The molecule has 5 heteroatoms. The van der Waals surface area contributed by atoms with Crippen LogP contribution in [0.2, 0.25) is 0 Å². The van der Waals surface area contributed by atoms with E-state index in [1.807, 2.05) is 0 Å². The minimum absolute atomic E-state index is 0.171. The highest BCUT2D eigenvalue weighted by molar-refractivity contribution is 5.48. The highest BCUT2D eigenvalue weighted by Gasteiger charge is 2.12.